The molecule has 0 spiro atoms. The van der Waals surface area contributed by atoms with Crippen molar-refractivity contribution in [2.75, 3.05) is 0 Å². The summed E-state index contributed by atoms with van der Waals surface area (Å²) in [5, 5.41) is 15.1. The molecule has 0 aliphatic carbocycles. The molecular weight excluding hydrogens is 236 g/mol. The van der Waals surface area contributed by atoms with Gasteiger partial charge in [0, 0.05) is 11.8 Å². The lowest BCUT2D eigenvalue weighted by molar-refractivity contribution is -0.136. The second-order valence-electron chi connectivity index (χ2n) is 3.45. The Labute approximate surface area is 103 Å². The molecule has 0 unspecified atom stereocenters. The Morgan fingerprint density at radius 1 is 1.65 bits per heavy atom. The number of carbonyl (C=O) groups is 1. The van der Waals surface area contributed by atoms with E-state index in [-0.39, 0.29) is 6.42 Å². The molecule has 0 saturated carbocycles. The Kier molecular flexibility index (Phi) is 3.26. The summed E-state index contributed by atoms with van der Waals surface area (Å²) in [4.78, 5) is 11.7. The first-order valence-electron chi connectivity index (χ1n) is 4.96. The van der Waals surface area contributed by atoms with Crippen molar-refractivity contribution in [2.24, 2.45) is 0 Å². The van der Waals surface area contributed by atoms with Gasteiger partial charge in [-0.2, -0.15) is 5.10 Å². The molecule has 0 amide bonds. The van der Waals surface area contributed by atoms with Crippen molar-refractivity contribution in [1.82, 2.24) is 9.78 Å². The standard InChI is InChI=1S/C12H10N2O2S/c1-2-5-14-8-9(7-11(15)16)12(13-14)10-4-3-6-17-10/h1,3-4,6,8H,5,7H2,(H,15,16). The van der Waals surface area contributed by atoms with Crippen LogP contribution in [0.25, 0.3) is 10.6 Å². The smallest absolute Gasteiger partial charge is 0.307 e. The van der Waals surface area contributed by atoms with Crippen LogP contribution in [0.5, 0.6) is 0 Å². The Morgan fingerprint density at radius 2 is 2.47 bits per heavy atom. The van der Waals surface area contributed by atoms with Crippen molar-refractivity contribution >= 4 is 17.3 Å². The second kappa shape index (κ2) is 4.85. The summed E-state index contributed by atoms with van der Waals surface area (Å²) >= 11 is 1.53. The number of aliphatic carboxylic acids is 1. The van der Waals surface area contributed by atoms with Gasteiger partial charge in [0.05, 0.1) is 11.3 Å². The molecule has 0 atom stereocenters. The molecule has 1 N–H and O–H groups in total. The maximum Gasteiger partial charge on any atom is 0.307 e. The molecule has 0 radical (unpaired) electrons. The van der Waals surface area contributed by atoms with E-state index in [1.54, 1.807) is 10.9 Å². The van der Waals surface area contributed by atoms with Gasteiger partial charge in [0.15, 0.2) is 0 Å². The zero-order valence-corrected chi connectivity index (χ0v) is 9.78. The number of thiophene rings is 1. The van der Waals surface area contributed by atoms with E-state index in [2.05, 4.69) is 11.0 Å². The maximum absolute atomic E-state index is 10.8. The molecule has 2 aromatic heterocycles. The van der Waals surface area contributed by atoms with Gasteiger partial charge in [-0.25, -0.2) is 0 Å². The lowest BCUT2D eigenvalue weighted by atomic mass is 10.1. The van der Waals surface area contributed by atoms with E-state index in [9.17, 15) is 4.79 Å². The topological polar surface area (TPSA) is 55.1 Å². The van der Waals surface area contributed by atoms with Gasteiger partial charge in [-0.3, -0.25) is 9.48 Å². The van der Waals surface area contributed by atoms with Crippen molar-refractivity contribution in [3.63, 3.8) is 0 Å². The van der Waals surface area contributed by atoms with Crippen LogP contribution in [0.1, 0.15) is 5.56 Å². The van der Waals surface area contributed by atoms with E-state index in [0.29, 0.717) is 17.8 Å². The van der Waals surface area contributed by atoms with Gasteiger partial charge in [-0.15, -0.1) is 17.8 Å². The molecule has 0 aliphatic rings. The largest absolute Gasteiger partial charge is 0.481 e. The van der Waals surface area contributed by atoms with Crippen LogP contribution < -0.4 is 0 Å². The number of carboxylic acid groups (broad SMARTS) is 1. The van der Waals surface area contributed by atoms with Gasteiger partial charge in [0.2, 0.25) is 0 Å². The number of hydrogen-bond donors (Lipinski definition) is 1. The third-order valence-electron chi connectivity index (χ3n) is 2.19. The number of aromatic nitrogens is 2. The summed E-state index contributed by atoms with van der Waals surface area (Å²) < 4.78 is 1.59. The lowest BCUT2D eigenvalue weighted by Crippen LogP contribution is -2.00. The van der Waals surface area contributed by atoms with Crippen LogP contribution in [-0.2, 0) is 17.8 Å². The van der Waals surface area contributed by atoms with Gasteiger partial charge in [0.1, 0.15) is 12.2 Å². The minimum atomic E-state index is -0.872. The number of hydrogen-bond acceptors (Lipinski definition) is 3. The predicted molar refractivity (Wildman–Crippen MR) is 65.7 cm³/mol. The van der Waals surface area contributed by atoms with Crippen LogP contribution in [0.3, 0.4) is 0 Å². The highest BCUT2D eigenvalue weighted by atomic mass is 32.1. The molecule has 0 bridgehead atoms. The lowest BCUT2D eigenvalue weighted by Gasteiger charge is -1.95. The van der Waals surface area contributed by atoms with E-state index in [1.165, 1.54) is 11.3 Å². The number of terminal acetylenes is 1. The molecule has 0 aliphatic heterocycles. The highest BCUT2D eigenvalue weighted by Crippen LogP contribution is 2.26. The minimum Gasteiger partial charge on any atom is -0.481 e. The molecule has 4 nitrogen and oxygen atoms in total. The van der Waals surface area contributed by atoms with Crippen LogP contribution in [0.4, 0.5) is 0 Å². The fourth-order valence-corrected chi connectivity index (χ4v) is 2.29. The molecule has 0 aromatic carbocycles. The first-order chi connectivity index (χ1) is 8.20. The highest BCUT2D eigenvalue weighted by Gasteiger charge is 2.14. The Balaban J connectivity index is 2.41. The van der Waals surface area contributed by atoms with Crippen molar-refractivity contribution in [3.05, 3.63) is 29.3 Å². The number of nitrogens with zero attached hydrogens (tertiary/aromatic N) is 2. The SMILES string of the molecule is C#CCn1cc(CC(=O)O)c(-c2cccs2)n1. The molecule has 86 valence electrons. The van der Waals surface area contributed by atoms with Crippen LogP contribution >= 0.6 is 11.3 Å². The minimum absolute atomic E-state index is 0.0438. The van der Waals surface area contributed by atoms with E-state index in [0.717, 1.165) is 4.88 Å². The van der Waals surface area contributed by atoms with Gasteiger partial charge < -0.3 is 5.11 Å². The van der Waals surface area contributed by atoms with Crippen LogP contribution in [0.15, 0.2) is 23.7 Å². The van der Waals surface area contributed by atoms with E-state index in [1.807, 2.05) is 17.5 Å². The summed E-state index contributed by atoms with van der Waals surface area (Å²) in [6, 6.07) is 3.82. The van der Waals surface area contributed by atoms with Gasteiger partial charge >= 0.3 is 5.97 Å². The third kappa shape index (κ3) is 2.55. The van der Waals surface area contributed by atoms with E-state index < -0.39 is 5.97 Å². The van der Waals surface area contributed by atoms with E-state index in [4.69, 9.17) is 11.5 Å². The monoisotopic (exact) mass is 246 g/mol. The molecule has 2 aromatic rings. The molecule has 17 heavy (non-hydrogen) atoms. The summed E-state index contributed by atoms with van der Waals surface area (Å²) in [6.07, 6.45) is 6.87. The predicted octanol–water partition coefficient (Wildman–Crippen LogP) is 1.87. The van der Waals surface area contributed by atoms with Crippen molar-refractivity contribution in [1.29, 1.82) is 0 Å². The number of rotatable bonds is 4. The molecular formula is C12H10N2O2S. The molecule has 0 saturated heterocycles. The van der Waals surface area contributed by atoms with Crippen molar-refractivity contribution in [3.8, 4) is 22.9 Å². The molecule has 5 heteroatoms. The van der Waals surface area contributed by atoms with Crippen LogP contribution in [0, 0.1) is 12.3 Å². The normalized spacial score (nSPS) is 10.1. The Bertz CT molecular complexity index is 564. The summed E-state index contributed by atoms with van der Waals surface area (Å²) in [5.41, 5.74) is 1.40. The number of carboxylic acids is 1. The zero-order chi connectivity index (χ0) is 12.3. The Morgan fingerprint density at radius 3 is 3.06 bits per heavy atom. The van der Waals surface area contributed by atoms with Gasteiger partial charge in [0.25, 0.3) is 0 Å². The molecule has 0 fully saturated rings. The summed E-state index contributed by atoms with van der Waals surface area (Å²) in [7, 11) is 0. The Hall–Kier alpha value is -2.06. The molecule has 2 heterocycles. The summed E-state index contributed by atoms with van der Waals surface area (Å²) in [5.74, 6) is 1.61. The van der Waals surface area contributed by atoms with Crippen molar-refractivity contribution in [2.45, 2.75) is 13.0 Å². The quantitative estimate of drug-likeness (QED) is 0.838. The van der Waals surface area contributed by atoms with Gasteiger partial charge in [-0.05, 0) is 11.4 Å². The first kappa shape index (κ1) is 11.4. The average molecular weight is 246 g/mol. The highest BCUT2D eigenvalue weighted by molar-refractivity contribution is 7.13. The van der Waals surface area contributed by atoms with E-state index >= 15 is 0 Å². The zero-order valence-electron chi connectivity index (χ0n) is 8.96. The van der Waals surface area contributed by atoms with Crippen molar-refractivity contribution < 1.29 is 9.90 Å². The average Bonchev–Trinajstić information content (AvgIpc) is 2.86. The fourth-order valence-electron chi connectivity index (χ4n) is 1.55. The molecule has 2 rings (SSSR count). The maximum atomic E-state index is 10.8. The third-order valence-corrected chi connectivity index (χ3v) is 3.06. The summed E-state index contributed by atoms with van der Waals surface area (Å²) in [6.45, 7) is 0.345. The van der Waals surface area contributed by atoms with Crippen LogP contribution in [0.2, 0.25) is 0 Å². The first-order valence-corrected chi connectivity index (χ1v) is 5.84. The van der Waals surface area contributed by atoms with Gasteiger partial charge in [-0.1, -0.05) is 12.0 Å². The fraction of sp³-hybridized carbons (Fsp3) is 0.167. The van der Waals surface area contributed by atoms with Crippen LogP contribution in [-0.4, -0.2) is 20.9 Å². The second-order valence-corrected chi connectivity index (χ2v) is 4.40.